The monoisotopic (exact) mass is 264 g/mol. The number of hydrogen-bond acceptors (Lipinski definition) is 2. The highest BCUT2D eigenvalue weighted by atomic mass is 19.4. The molecule has 0 aromatic rings. The van der Waals surface area contributed by atoms with Crippen LogP contribution in [0.4, 0.5) is 26.3 Å². The Morgan fingerprint density at radius 1 is 1.29 bits per heavy atom. The third-order valence-electron chi connectivity index (χ3n) is 1.62. The van der Waals surface area contributed by atoms with Gasteiger partial charge in [-0.2, -0.15) is 22.0 Å². The first-order valence-corrected chi connectivity index (χ1v) is 4.43. The van der Waals surface area contributed by atoms with E-state index in [1.807, 2.05) is 0 Å². The summed E-state index contributed by atoms with van der Waals surface area (Å²) in [6, 6.07) is 0. The molecule has 0 N–H and O–H groups in total. The molecule has 0 amide bonds. The average Bonchev–Trinajstić information content (AvgIpc) is 2.11. The molecule has 2 nitrogen and oxygen atoms in total. The molecule has 1 unspecified atom stereocenters. The zero-order chi connectivity index (χ0) is 13.9. The maximum Gasteiger partial charge on any atom is 0.432 e. The molecule has 1 atom stereocenters. The summed E-state index contributed by atoms with van der Waals surface area (Å²) in [5, 5.41) is 0. The summed E-state index contributed by atoms with van der Waals surface area (Å²) in [5.74, 6) is -1.57. The molecule has 100 valence electrons. The summed E-state index contributed by atoms with van der Waals surface area (Å²) in [6.45, 7) is 4.02. The van der Waals surface area contributed by atoms with Crippen LogP contribution < -0.4 is 0 Å². The first kappa shape index (κ1) is 15.8. The Hall–Kier alpha value is -1.21. The highest BCUT2D eigenvalue weighted by molar-refractivity contribution is 5.87. The van der Waals surface area contributed by atoms with E-state index in [0.29, 0.717) is 0 Å². The molecule has 0 saturated heterocycles. The zero-order valence-electron chi connectivity index (χ0n) is 8.78. The van der Waals surface area contributed by atoms with E-state index in [9.17, 15) is 31.1 Å². The van der Waals surface area contributed by atoms with Gasteiger partial charge in [-0.3, -0.25) is 0 Å². The number of esters is 1. The second-order valence-corrected chi connectivity index (χ2v) is 3.35. The number of ether oxygens (including phenoxy) is 1. The molecular formula is C9H10F6O2. The second kappa shape index (κ2) is 5.42. The molecule has 0 radical (unpaired) electrons. The van der Waals surface area contributed by atoms with E-state index in [0.717, 1.165) is 6.92 Å². The van der Waals surface area contributed by atoms with Crippen molar-refractivity contribution in [1.82, 2.24) is 0 Å². The Morgan fingerprint density at radius 3 is 2.12 bits per heavy atom. The lowest BCUT2D eigenvalue weighted by atomic mass is 10.2. The fraction of sp³-hybridized carbons (Fsp3) is 0.667. The largest absolute Gasteiger partial charge is 0.432 e. The Labute approximate surface area is 93.2 Å². The quantitative estimate of drug-likeness (QED) is 0.432. The molecule has 0 spiro atoms. The van der Waals surface area contributed by atoms with Crippen LogP contribution in [-0.2, 0) is 9.53 Å². The molecular weight excluding hydrogens is 254 g/mol. The molecule has 0 saturated carbocycles. The minimum atomic E-state index is -4.75. The van der Waals surface area contributed by atoms with Crippen LogP contribution in [0.3, 0.4) is 0 Å². The number of halogens is 6. The van der Waals surface area contributed by atoms with E-state index in [1.54, 1.807) is 0 Å². The predicted octanol–water partition coefficient (Wildman–Crippen LogP) is 3.38. The van der Waals surface area contributed by atoms with Gasteiger partial charge in [0.15, 0.2) is 0 Å². The van der Waals surface area contributed by atoms with Crippen LogP contribution in [0.2, 0.25) is 0 Å². The van der Waals surface area contributed by atoms with Gasteiger partial charge in [-0.05, 0) is 13.3 Å². The van der Waals surface area contributed by atoms with Gasteiger partial charge < -0.3 is 4.74 Å². The van der Waals surface area contributed by atoms with Gasteiger partial charge in [0.2, 0.25) is 6.17 Å². The molecule has 0 aromatic carbocycles. The Morgan fingerprint density at radius 2 is 1.76 bits per heavy atom. The summed E-state index contributed by atoms with van der Waals surface area (Å²) in [4.78, 5) is 10.7. The van der Waals surface area contributed by atoms with Gasteiger partial charge in [0.05, 0.1) is 0 Å². The lowest BCUT2D eigenvalue weighted by Crippen LogP contribution is -2.36. The van der Waals surface area contributed by atoms with Crippen LogP contribution in [-0.4, -0.2) is 24.4 Å². The molecule has 0 bridgehead atoms. The summed E-state index contributed by atoms with van der Waals surface area (Å²) >= 11 is 0. The van der Waals surface area contributed by atoms with E-state index in [2.05, 4.69) is 11.3 Å². The standard InChI is InChI=1S/C9H10F6O2/c1-5(2)7(16)17-9(14,15)6(10)3-4-8(11,12)13/h6H,1,3-4H2,2H3. The number of hydrogen-bond donors (Lipinski definition) is 0. The summed E-state index contributed by atoms with van der Waals surface area (Å²) < 4.78 is 76.7. The number of alkyl halides is 6. The van der Waals surface area contributed by atoms with Gasteiger partial charge in [0.25, 0.3) is 0 Å². The van der Waals surface area contributed by atoms with Crippen LogP contribution in [0.1, 0.15) is 19.8 Å². The molecule has 17 heavy (non-hydrogen) atoms. The Bertz CT molecular complexity index is 296. The summed E-state index contributed by atoms with van der Waals surface area (Å²) in [6.07, 6.45) is -15.8. The number of carbonyl (C=O) groups is 1. The minimum Gasteiger partial charge on any atom is -0.395 e. The van der Waals surface area contributed by atoms with Crippen molar-refractivity contribution >= 4 is 5.97 Å². The van der Waals surface area contributed by atoms with Gasteiger partial charge in [-0.25, -0.2) is 9.18 Å². The van der Waals surface area contributed by atoms with Crippen LogP contribution in [0.25, 0.3) is 0 Å². The smallest absolute Gasteiger partial charge is 0.395 e. The molecule has 8 heteroatoms. The van der Waals surface area contributed by atoms with Gasteiger partial charge in [0, 0.05) is 12.0 Å². The van der Waals surface area contributed by atoms with Crippen LogP contribution in [0.5, 0.6) is 0 Å². The Kier molecular flexibility index (Phi) is 5.03. The van der Waals surface area contributed by atoms with Gasteiger partial charge in [0.1, 0.15) is 0 Å². The predicted molar refractivity (Wildman–Crippen MR) is 46.0 cm³/mol. The van der Waals surface area contributed by atoms with Crippen molar-refractivity contribution in [3.63, 3.8) is 0 Å². The first-order valence-electron chi connectivity index (χ1n) is 4.43. The fourth-order valence-electron chi connectivity index (χ4n) is 0.733. The number of carbonyl (C=O) groups excluding carboxylic acids is 1. The molecule has 0 heterocycles. The molecule has 0 fully saturated rings. The topological polar surface area (TPSA) is 26.3 Å². The SMILES string of the molecule is C=C(C)C(=O)OC(F)(F)C(F)CCC(F)(F)F. The number of rotatable bonds is 5. The minimum absolute atomic E-state index is 0.410. The maximum absolute atomic E-state index is 12.8. The molecule has 0 aliphatic carbocycles. The molecule has 0 aliphatic rings. The maximum atomic E-state index is 12.8. The van der Waals surface area contributed by atoms with Crippen molar-refractivity contribution in [2.75, 3.05) is 0 Å². The van der Waals surface area contributed by atoms with Crippen molar-refractivity contribution < 1.29 is 35.9 Å². The lowest BCUT2D eigenvalue weighted by Gasteiger charge is -2.20. The molecule has 0 aromatic heterocycles. The third kappa shape index (κ3) is 6.18. The zero-order valence-corrected chi connectivity index (χ0v) is 8.78. The molecule has 0 rings (SSSR count). The van der Waals surface area contributed by atoms with E-state index < -0.39 is 42.8 Å². The van der Waals surface area contributed by atoms with E-state index >= 15 is 0 Å². The first-order chi connectivity index (χ1) is 7.46. The summed E-state index contributed by atoms with van der Waals surface area (Å²) in [5.41, 5.74) is -0.410. The van der Waals surface area contributed by atoms with Gasteiger partial charge in [-0.1, -0.05) is 6.58 Å². The van der Waals surface area contributed by atoms with Crippen LogP contribution >= 0.6 is 0 Å². The highest BCUT2D eigenvalue weighted by Gasteiger charge is 2.46. The van der Waals surface area contributed by atoms with E-state index in [1.165, 1.54) is 0 Å². The van der Waals surface area contributed by atoms with Crippen LogP contribution in [0.15, 0.2) is 12.2 Å². The summed E-state index contributed by atoms with van der Waals surface area (Å²) in [7, 11) is 0. The lowest BCUT2D eigenvalue weighted by molar-refractivity contribution is -0.261. The Balaban J connectivity index is 4.39. The van der Waals surface area contributed by atoms with Gasteiger partial charge in [-0.15, -0.1) is 0 Å². The fourth-order valence-corrected chi connectivity index (χ4v) is 0.733. The van der Waals surface area contributed by atoms with E-state index in [4.69, 9.17) is 0 Å². The van der Waals surface area contributed by atoms with Crippen molar-refractivity contribution in [1.29, 1.82) is 0 Å². The average molecular weight is 264 g/mol. The normalized spacial score (nSPS) is 14.3. The third-order valence-corrected chi connectivity index (χ3v) is 1.62. The van der Waals surface area contributed by atoms with Crippen molar-refractivity contribution in [2.45, 2.75) is 38.2 Å². The van der Waals surface area contributed by atoms with Crippen molar-refractivity contribution in [2.24, 2.45) is 0 Å². The van der Waals surface area contributed by atoms with Crippen LogP contribution in [0, 0.1) is 0 Å². The highest BCUT2D eigenvalue weighted by Crippen LogP contribution is 2.31. The van der Waals surface area contributed by atoms with E-state index in [-0.39, 0.29) is 0 Å². The second-order valence-electron chi connectivity index (χ2n) is 3.35. The molecule has 0 aliphatic heterocycles. The van der Waals surface area contributed by atoms with Crippen molar-refractivity contribution in [3.05, 3.63) is 12.2 Å². The van der Waals surface area contributed by atoms with Crippen molar-refractivity contribution in [3.8, 4) is 0 Å². The van der Waals surface area contributed by atoms with Gasteiger partial charge >= 0.3 is 18.3 Å².